The van der Waals surface area contributed by atoms with Crippen molar-refractivity contribution in [1.29, 1.82) is 0 Å². The summed E-state index contributed by atoms with van der Waals surface area (Å²) in [5, 5.41) is 3.53. The number of rotatable bonds is 1. The van der Waals surface area contributed by atoms with E-state index in [1.54, 1.807) is 12.4 Å². The Balaban J connectivity index is 2.23. The Morgan fingerprint density at radius 2 is 2.15 bits per heavy atom. The molecule has 13 heavy (non-hydrogen) atoms. The Morgan fingerprint density at radius 1 is 1.46 bits per heavy atom. The second-order valence-corrected chi connectivity index (χ2v) is 3.41. The van der Waals surface area contributed by atoms with Crippen LogP contribution in [0.3, 0.4) is 0 Å². The molecule has 1 aliphatic rings. The number of pyridine rings is 1. The lowest BCUT2D eigenvalue weighted by atomic mass is 10.1. The van der Waals surface area contributed by atoms with Gasteiger partial charge in [-0.1, -0.05) is 0 Å². The fourth-order valence-electron chi connectivity index (χ4n) is 1.42. The normalized spacial score (nSPS) is 26.7. The zero-order chi connectivity index (χ0) is 9.26. The van der Waals surface area contributed by atoms with Gasteiger partial charge in [-0.05, 0) is 36.8 Å². The topological polar surface area (TPSA) is 34.1 Å². The Morgan fingerprint density at radius 3 is 2.69 bits per heavy atom. The van der Waals surface area contributed by atoms with Gasteiger partial charge in [0.1, 0.15) is 6.10 Å². The highest BCUT2D eigenvalue weighted by atomic mass is 32.1. The van der Waals surface area contributed by atoms with E-state index in [0.29, 0.717) is 5.17 Å². The van der Waals surface area contributed by atoms with Gasteiger partial charge in [0.25, 0.3) is 5.17 Å². The predicted molar refractivity (Wildman–Crippen MR) is 53.3 cm³/mol. The predicted octanol–water partition coefficient (Wildman–Crippen LogP) is 1.42. The van der Waals surface area contributed by atoms with E-state index in [-0.39, 0.29) is 12.1 Å². The molecule has 0 amide bonds. The number of ether oxygens (including phenoxy) is 1. The highest BCUT2D eigenvalue weighted by Crippen LogP contribution is 2.25. The number of aromatic nitrogens is 1. The van der Waals surface area contributed by atoms with Gasteiger partial charge in [0.05, 0.1) is 6.04 Å². The van der Waals surface area contributed by atoms with Gasteiger partial charge in [-0.3, -0.25) is 4.98 Å². The molecule has 0 saturated carbocycles. The summed E-state index contributed by atoms with van der Waals surface area (Å²) in [6.45, 7) is 2.05. The van der Waals surface area contributed by atoms with Gasteiger partial charge < -0.3 is 10.1 Å². The zero-order valence-corrected chi connectivity index (χ0v) is 8.04. The maximum absolute atomic E-state index is 5.45. The molecule has 2 heterocycles. The van der Waals surface area contributed by atoms with Crippen molar-refractivity contribution in [2.75, 3.05) is 0 Å². The van der Waals surface area contributed by atoms with Crippen LogP contribution in [0.2, 0.25) is 0 Å². The van der Waals surface area contributed by atoms with Gasteiger partial charge in [0.15, 0.2) is 0 Å². The van der Waals surface area contributed by atoms with E-state index in [2.05, 4.69) is 10.3 Å². The van der Waals surface area contributed by atoms with Crippen LogP contribution in [-0.2, 0) is 4.74 Å². The van der Waals surface area contributed by atoms with Crippen LogP contribution in [0.1, 0.15) is 18.6 Å². The van der Waals surface area contributed by atoms with Crippen LogP contribution < -0.4 is 5.32 Å². The summed E-state index contributed by atoms with van der Waals surface area (Å²) in [4.78, 5) is 3.95. The van der Waals surface area contributed by atoms with Gasteiger partial charge in [0, 0.05) is 12.4 Å². The lowest BCUT2D eigenvalue weighted by Crippen LogP contribution is -2.23. The molecule has 2 rings (SSSR count). The monoisotopic (exact) mass is 194 g/mol. The van der Waals surface area contributed by atoms with Crippen LogP contribution in [0.5, 0.6) is 0 Å². The van der Waals surface area contributed by atoms with E-state index >= 15 is 0 Å². The van der Waals surface area contributed by atoms with Gasteiger partial charge in [0.2, 0.25) is 0 Å². The maximum atomic E-state index is 5.45. The van der Waals surface area contributed by atoms with E-state index in [0.717, 1.165) is 5.56 Å². The minimum absolute atomic E-state index is 0.0236. The Hall–Kier alpha value is -1.16. The van der Waals surface area contributed by atoms with Gasteiger partial charge >= 0.3 is 0 Å². The highest BCUT2D eigenvalue weighted by molar-refractivity contribution is 7.80. The highest BCUT2D eigenvalue weighted by Gasteiger charge is 2.29. The third-order valence-electron chi connectivity index (χ3n) is 2.07. The largest absolute Gasteiger partial charge is 0.461 e. The Labute approximate surface area is 82.1 Å². The number of nitrogens with one attached hydrogen (secondary N) is 1. The smallest absolute Gasteiger partial charge is 0.257 e. The van der Waals surface area contributed by atoms with E-state index < -0.39 is 0 Å². The van der Waals surface area contributed by atoms with Crippen LogP contribution in [0.25, 0.3) is 0 Å². The first kappa shape index (κ1) is 8.44. The van der Waals surface area contributed by atoms with Crippen molar-refractivity contribution >= 4 is 17.4 Å². The third kappa shape index (κ3) is 1.62. The second kappa shape index (κ2) is 3.30. The first-order valence-electron chi connectivity index (χ1n) is 4.14. The van der Waals surface area contributed by atoms with Crippen molar-refractivity contribution in [2.45, 2.75) is 19.1 Å². The van der Waals surface area contributed by atoms with Crippen LogP contribution >= 0.6 is 12.2 Å². The lowest BCUT2D eigenvalue weighted by molar-refractivity contribution is 0.214. The Kier molecular flexibility index (Phi) is 2.14. The van der Waals surface area contributed by atoms with E-state index in [9.17, 15) is 0 Å². The molecule has 0 bridgehead atoms. The molecule has 1 aromatic rings. The van der Waals surface area contributed by atoms with Crippen molar-refractivity contribution in [2.24, 2.45) is 0 Å². The maximum Gasteiger partial charge on any atom is 0.257 e. The van der Waals surface area contributed by atoms with Gasteiger partial charge in [-0.25, -0.2) is 0 Å². The summed E-state index contributed by atoms with van der Waals surface area (Å²) in [5.74, 6) is 0. The first-order valence-corrected chi connectivity index (χ1v) is 4.55. The quantitative estimate of drug-likeness (QED) is 0.685. The zero-order valence-electron chi connectivity index (χ0n) is 7.23. The second-order valence-electron chi connectivity index (χ2n) is 3.04. The van der Waals surface area contributed by atoms with Crippen LogP contribution in [-0.4, -0.2) is 16.2 Å². The van der Waals surface area contributed by atoms with Gasteiger partial charge in [-0.2, -0.15) is 0 Å². The summed E-state index contributed by atoms with van der Waals surface area (Å²) in [5.41, 5.74) is 1.11. The summed E-state index contributed by atoms with van der Waals surface area (Å²) < 4.78 is 5.45. The molecule has 0 spiro atoms. The summed E-state index contributed by atoms with van der Waals surface area (Å²) >= 11 is 4.92. The number of hydrogen-bond acceptors (Lipinski definition) is 3. The molecule has 0 aliphatic carbocycles. The molecule has 4 heteroatoms. The molecule has 3 nitrogen and oxygen atoms in total. The molecule has 0 unspecified atom stereocenters. The SMILES string of the molecule is C[C@H]1NC(=S)O[C@H]1c1ccncc1. The van der Waals surface area contributed by atoms with Gasteiger partial charge in [-0.15, -0.1) is 0 Å². The van der Waals surface area contributed by atoms with Crippen molar-refractivity contribution in [1.82, 2.24) is 10.3 Å². The minimum Gasteiger partial charge on any atom is -0.461 e. The molecule has 0 aromatic carbocycles. The molecule has 1 N–H and O–H groups in total. The molecular formula is C9H10N2OS. The van der Waals surface area contributed by atoms with Crippen molar-refractivity contribution in [3.05, 3.63) is 30.1 Å². The fourth-order valence-corrected chi connectivity index (χ4v) is 1.71. The van der Waals surface area contributed by atoms with E-state index in [1.165, 1.54) is 0 Å². The molecule has 68 valence electrons. The van der Waals surface area contributed by atoms with Crippen molar-refractivity contribution in [3.8, 4) is 0 Å². The molecule has 1 fully saturated rings. The molecular weight excluding hydrogens is 184 g/mol. The van der Waals surface area contributed by atoms with Crippen LogP contribution in [0.15, 0.2) is 24.5 Å². The Bertz CT molecular complexity index is 315. The number of thiocarbonyl (C=S) groups is 1. The molecule has 1 saturated heterocycles. The molecule has 1 aliphatic heterocycles. The number of hydrogen-bond donors (Lipinski definition) is 1. The number of nitrogens with zero attached hydrogens (tertiary/aromatic N) is 1. The molecule has 2 atom stereocenters. The summed E-state index contributed by atoms with van der Waals surface area (Å²) in [6, 6.07) is 4.11. The van der Waals surface area contributed by atoms with E-state index in [4.69, 9.17) is 17.0 Å². The van der Waals surface area contributed by atoms with Crippen molar-refractivity contribution in [3.63, 3.8) is 0 Å². The van der Waals surface area contributed by atoms with E-state index in [1.807, 2.05) is 19.1 Å². The minimum atomic E-state index is 0.0236. The van der Waals surface area contributed by atoms with Crippen LogP contribution in [0.4, 0.5) is 0 Å². The van der Waals surface area contributed by atoms with Crippen LogP contribution in [0, 0.1) is 0 Å². The molecule has 0 radical (unpaired) electrons. The first-order chi connectivity index (χ1) is 6.27. The third-order valence-corrected chi connectivity index (χ3v) is 2.28. The molecule has 1 aromatic heterocycles. The lowest BCUT2D eigenvalue weighted by Gasteiger charge is -2.12. The standard InChI is InChI=1S/C9H10N2OS/c1-6-8(12-9(13)11-6)7-2-4-10-5-3-7/h2-6,8H,1H3,(H,11,13)/t6-,8-/m1/s1. The average molecular weight is 194 g/mol. The summed E-state index contributed by atoms with van der Waals surface area (Å²) in [7, 11) is 0. The fraction of sp³-hybridized carbons (Fsp3) is 0.333. The average Bonchev–Trinajstić information content (AvgIpc) is 2.47. The summed E-state index contributed by atoms with van der Waals surface area (Å²) in [6.07, 6.45) is 3.54. The van der Waals surface area contributed by atoms with Crippen molar-refractivity contribution < 1.29 is 4.74 Å².